The van der Waals surface area contributed by atoms with Gasteiger partial charge in [0.1, 0.15) is 11.2 Å². The summed E-state index contributed by atoms with van der Waals surface area (Å²) in [5.74, 6) is 0.836. The van der Waals surface area contributed by atoms with Crippen molar-refractivity contribution >= 4 is 23.0 Å². The minimum Gasteiger partial charge on any atom is -0.348 e. The molecule has 1 aliphatic heterocycles. The highest BCUT2D eigenvalue weighted by Crippen LogP contribution is 2.22. The summed E-state index contributed by atoms with van der Waals surface area (Å²) in [6.45, 7) is 3.64. The number of aromatic nitrogens is 5. The van der Waals surface area contributed by atoms with Crippen molar-refractivity contribution in [2.45, 2.75) is 25.8 Å². The first-order valence-corrected chi connectivity index (χ1v) is 8.87. The highest BCUT2D eigenvalue weighted by Gasteiger charge is 2.25. The summed E-state index contributed by atoms with van der Waals surface area (Å²) in [7, 11) is 3.84. The number of hydrogen-bond donors (Lipinski definition) is 1. The van der Waals surface area contributed by atoms with Crippen LogP contribution in [0.25, 0.3) is 11.2 Å². The fourth-order valence-corrected chi connectivity index (χ4v) is 3.45. The summed E-state index contributed by atoms with van der Waals surface area (Å²) in [6.07, 6.45) is 3.55. The number of amides is 1. The second kappa shape index (κ2) is 6.44. The molecule has 3 aromatic rings. The molecule has 8 heteroatoms. The Morgan fingerprint density at radius 2 is 2.04 bits per heavy atom. The van der Waals surface area contributed by atoms with Crippen LogP contribution in [0.3, 0.4) is 0 Å². The number of hydrogen-bond acceptors (Lipinski definition) is 5. The lowest BCUT2D eigenvalue weighted by Gasteiger charge is -2.32. The van der Waals surface area contributed by atoms with Crippen LogP contribution in [0.5, 0.6) is 0 Å². The zero-order chi connectivity index (χ0) is 18.3. The van der Waals surface area contributed by atoms with E-state index in [9.17, 15) is 4.79 Å². The lowest BCUT2D eigenvalue weighted by Crippen LogP contribution is -2.45. The molecule has 1 amide bonds. The van der Waals surface area contributed by atoms with Crippen LogP contribution in [-0.4, -0.2) is 49.4 Å². The van der Waals surface area contributed by atoms with Crippen molar-refractivity contribution in [3.63, 3.8) is 0 Å². The van der Waals surface area contributed by atoms with Crippen molar-refractivity contribution in [1.29, 1.82) is 0 Å². The molecule has 0 unspecified atom stereocenters. The van der Waals surface area contributed by atoms with Gasteiger partial charge in [0.15, 0.2) is 5.65 Å². The second-order valence-electron chi connectivity index (χ2n) is 6.85. The SMILES string of the molecule is Cc1cc(C(=O)NC2CCN(c3nc4cccnc4n3C)CC2)nn1C. The largest absolute Gasteiger partial charge is 0.348 e. The van der Waals surface area contributed by atoms with E-state index in [4.69, 9.17) is 4.98 Å². The molecule has 0 spiro atoms. The van der Waals surface area contributed by atoms with Crippen LogP contribution < -0.4 is 10.2 Å². The summed E-state index contributed by atoms with van der Waals surface area (Å²) in [4.78, 5) is 23.7. The first kappa shape index (κ1) is 16.6. The van der Waals surface area contributed by atoms with Gasteiger partial charge in [0, 0.05) is 45.1 Å². The molecule has 1 aliphatic rings. The van der Waals surface area contributed by atoms with Gasteiger partial charge < -0.3 is 10.2 Å². The predicted molar refractivity (Wildman–Crippen MR) is 99.2 cm³/mol. The maximum Gasteiger partial charge on any atom is 0.272 e. The molecule has 0 radical (unpaired) electrons. The third-order valence-corrected chi connectivity index (χ3v) is 5.06. The molecule has 0 saturated carbocycles. The monoisotopic (exact) mass is 353 g/mol. The highest BCUT2D eigenvalue weighted by molar-refractivity contribution is 5.92. The van der Waals surface area contributed by atoms with Gasteiger partial charge in [0.2, 0.25) is 5.95 Å². The van der Waals surface area contributed by atoms with Crippen molar-refractivity contribution in [1.82, 2.24) is 29.6 Å². The van der Waals surface area contributed by atoms with Crippen LogP contribution in [0.1, 0.15) is 29.0 Å². The third-order valence-electron chi connectivity index (χ3n) is 5.06. The fourth-order valence-electron chi connectivity index (χ4n) is 3.45. The number of anilines is 1. The molecule has 26 heavy (non-hydrogen) atoms. The maximum atomic E-state index is 12.4. The number of pyridine rings is 1. The van der Waals surface area contributed by atoms with Crippen LogP contribution in [0, 0.1) is 6.92 Å². The van der Waals surface area contributed by atoms with E-state index in [1.807, 2.05) is 43.8 Å². The van der Waals surface area contributed by atoms with Crippen molar-refractivity contribution in [3.05, 3.63) is 35.8 Å². The smallest absolute Gasteiger partial charge is 0.272 e. The van der Waals surface area contributed by atoms with Crippen LogP contribution in [0.2, 0.25) is 0 Å². The molecule has 0 atom stereocenters. The number of nitrogens with one attached hydrogen (secondary N) is 1. The average Bonchev–Trinajstić information content (AvgIpc) is 3.16. The molecule has 1 N–H and O–H groups in total. The topological polar surface area (TPSA) is 80.9 Å². The Bertz CT molecular complexity index is 930. The van der Waals surface area contributed by atoms with Gasteiger partial charge in [-0.15, -0.1) is 0 Å². The Morgan fingerprint density at radius 3 is 2.69 bits per heavy atom. The normalized spacial score (nSPS) is 15.6. The van der Waals surface area contributed by atoms with Gasteiger partial charge in [0.05, 0.1) is 0 Å². The summed E-state index contributed by atoms with van der Waals surface area (Å²) in [5.41, 5.74) is 3.25. The van der Waals surface area contributed by atoms with E-state index in [-0.39, 0.29) is 11.9 Å². The molecule has 136 valence electrons. The zero-order valence-electron chi connectivity index (χ0n) is 15.3. The second-order valence-corrected chi connectivity index (χ2v) is 6.85. The zero-order valence-corrected chi connectivity index (χ0v) is 15.3. The number of piperidine rings is 1. The Kier molecular flexibility index (Phi) is 4.10. The molecule has 0 aliphatic carbocycles. The molecule has 0 bridgehead atoms. The molecule has 4 rings (SSSR count). The summed E-state index contributed by atoms with van der Waals surface area (Å²) < 4.78 is 3.75. The van der Waals surface area contributed by atoms with Gasteiger partial charge in [-0.2, -0.15) is 5.10 Å². The van der Waals surface area contributed by atoms with Crippen molar-refractivity contribution in [2.24, 2.45) is 14.1 Å². The van der Waals surface area contributed by atoms with E-state index in [1.54, 1.807) is 10.9 Å². The van der Waals surface area contributed by atoms with Crippen molar-refractivity contribution < 1.29 is 4.79 Å². The van der Waals surface area contributed by atoms with Crippen molar-refractivity contribution in [3.8, 4) is 0 Å². The quantitative estimate of drug-likeness (QED) is 0.770. The molecular weight excluding hydrogens is 330 g/mol. The Hall–Kier alpha value is -2.90. The summed E-state index contributed by atoms with van der Waals surface area (Å²) >= 11 is 0. The standard InChI is InChI=1S/C18H23N7O/c1-12-11-15(22-24(12)3)17(26)20-13-6-9-25(10-7-13)18-21-14-5-4-8-19-16(14)23(18)2/h4-5,8,11,13H,6-7,9-10H2,1-3H3,(H,20,26). The Morgan fingerprint density at radius 1 is 1.27 bits per heavy atom. The first-order valence-electron chi connectivity index (χ1n) is 8.87. The number of rotatable bonds is 3. The molecule has 4 heterocycles. The Balaban J connectivity index is 1.40. The van der Waals surface area contributed by atoms with Gasteiger partial charge >= 0.3 is 0 Å². The van der Waals surface area contributed by atoms with E-state index in [0.717, 1.165) is 48.7 Å². The van der Waals surface area contributed by atoms with Gasteiger partial charge in [-0.05, 0) is 38.0 Å². The minimum absolute atomic E-state index is 0.0981. The number of fused-ring (bicyclic) bond motifs is 1. The number of imidazole rings is 1. The highest BCUT2D eigenvalue weighted by atomic mass is 16.2. The number of aryl methyl sites for hydroxylation is 3. The van der Waals surface area contributed by atoms with Gasteiger partial charge in [-0.25, -0.2) is 9.97 Å². The average molecular weight is 353 g/mol. The third kappa shape index (κ3) is 2.91. The van der Waals surface area contributed by atoms with Gasteiger partial charge in [0.25, 0.3) is 5.91 Å². The number of carbonyl (C=O) groups is 1. The molecule has 1 fully saturated rings. The first-order chi connectivity index (χ1) is 12.5. The van der Waals surface area contributed by atoms with Gasteiger partial charge in [-0.1, -0.05) is 0 Å². The molecular formula is C18H23N7O. The fraction of sp³-hybridized carbons (Fsp3) is 0.444. The molecule has 3 aromatic heterocycles. The summed E-state index contributed by atoms with van der Waals surface area (Å²) in [6, 6.07) is 5.86. The van der Waals surface area contributed by atoms with Crippen molar-refractivity contribution in [2.75, 3.05) is 18.0 Å². The number of nitrogens with zero attached hydrogens (tertiary/aromatic N) is 6. The Labute approximate surface area is 151 Å². The number of carbonyl (C=O) groups excluding carboxylic acids is 1. The van der Waals surface area contributed by atoms with E-state index in [2.05, 4.69) is 20.3 Å². The lowest BCUT2D eigenvalue weighted by molar-refractivity contribution is 0.0925. The van der Waals surface area contributed by atoms with Crippen LogP contribution in [-0.2, 0) is 14.1 Å². The van der Waals surface area contributed by atoms with E-state index < -0.39 is 0 Å². The van der Waals surface area contributed by atoms with E-state index >= 15 is 0 Å². The maximum absolute atomic E-state index is 12.4. The molecule has 8 nitrogen and oxygen atoms in total. The lowest BCUT2D eigenvalue weighted by atomic mass is 10.1. The van der Waals surface area contributed by atoms with Crippen LogP contribution in [0.15, 0.2) is 24.4 Å². The van der Waals surface area contributed by atoms with Crippen LogP contribution in [0.4, 0.5) is 5.95 Å². The summed E-state index contributed by atoms with van der Waals surface area (Å²) in [5, 5.41) is 7.36. The minimum atomic E-state index is -0.0981. The van der Waals surface area contributed by atoms with E-state index in [0.29, 0.717) is 5.69 Å². The van der Waals surface area contributed by atoms with Crippen LogP contribution >= 0.6 is 0 Å². The molecule has 0 aromatic carbocycles. The predicted octanol–water partition coefficient (Wildman–Crippen LogP) is 1.41. The van der Waals surface area contributed by atoms with E-state index in [1.165, 1.54) is 0 Å². The van der Waals surface area contributed by atoms with Gasteiger partial charge in [-0.3, -0.25) is 14.0 Å². The molecule has 1 saturated heterocycles.